The number of carbonyl (C=O) groups excluding carboxylic acids is 1. The van der Waals surface area contributed by atoms with Gasteiger partial charge in [-0.25, -0.2) is 4.57 Å². The van der Waals surface area contributed by atoms with Crippen molar-refractivity contribution in [1.82, 2.24) is 5.32 Å². The highest BCUT2D eigenvalue weighted by Crippen LogP contribution is 2.43. The number of quaternary nitrogens is 1. The zero-order valence-electron chi connectivity index (χ0n) is 49.7. The minimum atomic E-state index is -4.33. The summed E-state index contributed by atoms with van der Waals surface area (Å²) in [7, 11) is 1.63. The summed E-state index contributed by atoms with van der Waals surface area (Å²) in [5.41, 5.74) is 0. The smallest absolute Gasteiger partial charge is 0.391 e. The van der Waals surface area contributed by atoms with Crippen molar-refractivity contribution in [2.24, 2.45) is 0 Å². The number of hydrogen-bond donors (Lipinski definition) is 3. The first-order chi connectivity index (χ1) is 35.5. The SMILES string of the molecule is CCCCCCC/C=C\C/C=C\CCCCCCCCCCCCCC(=O)NC(COP(=O)(O)OCC[N+](C)(C)C)C(O)CCCCCCCCCCCCCCCCCCCCCCCCCCCCCC. The molecule has 3 unspecified atom stereocenters. The maximum absolute atomic E-state index is 13.0. The number of allylic oxidation sites excluding steroid dienone is 4. The van der Waals surface area contributed by atoms with E-state index in [2.05, 4.69) is 43.5 Å². The van der Waals surface area contributed by atoms with Gasteiger partial charge in [0.05, 0.1) is 39.9 Å². The number of phosphoric acid groups is 1. The van der Waals surface area contributed by atoms with Crippen LogP contribution in [0.1, 0.15) is 328 Å². The molecule has 0 spiro atoms. The van der Waals surface area contributed by atoms with Crippen molar-refractivity contribution in [2.45, 2.75) is 341 Å². The highest BCUT2D eigenvalue weighted by Gasteiger charge is 2.28. The van der Waals surface area contributed by atoms with Gasteiger partial charge in [0.15, 0.2) is 0 Å². The minimum absolute atomic E-state index is 0.0759. The number of hydrogen-bond acceptors (Lipinski definition) is 5. The van der Waals surface area contributed by atoms with E-state index >= 15 is 0 Å². The molecule has 0 saturated carbocycles. The second-order valence-corrected chi connectivity index (χ2v) is 25.0. The van der Waals surface area contributed by atoms with Crippen LogP contribution in [-0.2, 0) is 18.4 Å². The lowest BCUT2D eigenvalue weighted by atomic mass is 10.0. The van der Waals surface area contributed by atoms with Crippen LogP contribution in [0, 0.1) is 0 Å². The number of nitrogens with zero attached hydrogens (tertiary/aromatic N) is 1. The molecule has 3 atom stereocenters. The molecule has 73 heavy (non-hydrogen) atoms. The lowest BCUT2D eigenvalue weighted by molar-refractivity contribution is -0.870. The lowest BCUT2D eigenvalue weighted by Crippen LogP contribution is -2.46. The molecule has 8 nitrogen and oxygen atoms in total. The number of rotatable bonds is 60. The third kappa shape index (κ3) is 58.5. The summed E-state index contributed by atoms with van der Waals surface area (Å²) in [5.74, 6) is -0.141. The predicted octanol–water partition coefficient (Wildman–Crippen LogP) is 19.9. The molecule has 0 aromatic carbocycles. The first-order valence-corrected chi connectivity index (χ1v) is 33.7. The molecular weight excluding hydrogens is 924 g/mol. The van der Waals surface area contributed by atoms with E-state index < -0.39 is 20.0 Å². The Bertz CT molecular complexity index is 1240. The van der Waals surface area contributed by atoms with Crippen molar-refractivity contribution >= 4 is 13.7 Å². The van der Waals surface area contributed by atoms with Gasteiger partial charge in [-0.2, -0.15) is 0 Å². The molecule has 0 aliphatic rings. The molecule has 0 radical (unpaired) electrons. The predicted molar refractivity (Wildman–Crippen MR) is 318 cm³/mol. The number of amides is 1. The average Bonchev–Trinajstić information content (AvgIpc) is 3.35. The fourth-order valence-electron chi connectivity index (χ4n) is 9.90. The Hall–Kier alpha value is -1.02. The van der Waals surface area contributed by atoms with Crippen molar-refractivity contribution in [3.8, 4) is 0 Å². The van der Waals surface area contributed by atoms with E-state index in [0.29, 0.717) is 23.9 Å². The maximum atomic E-state index is 13.0. The molecule has 434 valence electrons. The molecule has 0 aromatic heterocycles. The zero-order chi connectivity index (χ0) is 53.5. The van der Waals surface area contributed by atoms with Crippen LogP contribution in [0.3, 0.4) is 0 Å². The maximum Gasteiger partial charge on any atom is 0.472 e. The van der Waals surface area contributed by atoms with Crippen LogP contribution >= 0.6 is 7.82 Å². The Balaban J connectivity index is 4.07. The summed E-state index contributed by atoms with van der Waals surface area (Å²) in [5, 5.41) is 14.1. The normalized spacial score (nSPS) is 13.9. The molecule has 0 heterocycles. The van der Waals surface area contributed by atoms with Gasteiger partial charge < -0.3 is 19.8 Å². The standard InChI is InChI=1S/C64H127N2O6P/c1-6-8-10-12-14-16-18-20-22-24-26-28-30-31-32-33-34-36-37-39-41-43-45-47-49-51-53-55-57-63(67)62(61-72-73(69,70)71-60-59-66(3,4)5)65-64(68)58-56-54-52-50-48-46-44-42-40-38-35-29-27-25-23-21-19-17-15-13-11-9-7-2/h19,21,25,27,62-63,67H,6-18,20,22-24,26,28-61H2,1-5H3,(H-,65,68,69,70)/p+1/b21-19-,27-25-. The van der Waals surface area contributed by atoms with Crippen molar-refractivity contribution < 1.29 is 32.9 Å². The largest absolute Gasteiger partial charge is 0.472 e. The quantitative estimate of drug-likeness (QED) is 0.0243. The summed E-state index contributed by atoms with van der Waals surface area (Å²) in [4.78, 5) is 23.4. The first-order valence-electron chi connectivity index (χ1n) is 32.2. The summed E-state index contributed by atoms with van der Waals surface area (Å²) < 4.78 is 23.9. The van der Waals surface area contributed by atoms with E-state index in [9.17, 15) is 19.4 Å². The monoisotopic (exact) mass is 1050 g/mol. The van der Waals surface area contributed by atoms with Crippen molar-refractivity contribution in [2.75, 3.05) is 40.9 Å². The molecule has 9 heteroatoms. The van der Waals surface area contributed by atoms with Crippen LogP contribution in [0.2, 0.25) is 0 Å². The first kappa shape index (κ1) is 72.0. The van der Waals surface area contributed by atoms with Crippen LogP contribution in [0.4, 0.5) is 0 Å². The van der Waals surface area contributed by atoms with Crippen molar-refractivity contribution in [3.63, 3.8) is 0 Å². The number of unbranched alkanes of at least 4 members (excludes halogenated alkanes) is 43. The molecule has 0 bridgehead atoms. The molecule has 3 N–H and O–H groups in total. The highest BCUT2D eigenvalue weighted by molar-refractivity contribution is 7.47. The summed E-state index contributed by atoms with van der Waals surface area (Å²) in [6.45, 7) is 4.93. The van der Waals surface area contributed by atoms with Gasteiger partial charge in [0.2, 0.25) is 5.91 Å². The highest BCUT2D eigenvalue weighted by atomic mass is 31.2. The number of aliphatic hydroxyl groups is 1. The molecule has 0 rings (SSSR count). The van der Waals surface area contributed by atoms with Crippen LogP contribution in [0.15, 0.2) is 24.3 Å². The van der Waals surface area contributed by atoms with Gasteiger partial charge in [0.1, 0.15) is 13.2 Å². The summed E-state index contributed by atoms with van der Waals surface area (Å²) in [6.07, 6.45) is 71.1. The van der Waals surface area contributed by atoms with Gasteiger partial charge >= 0.3 is 7.82 Å². The molecule has 0 fully saturated rings. The Labute approximate surface area is 455 Å². The third-order valence-electron chi connectivity index (χ3n) is 15.0. The Morgan fingerprint density at radius 2 is 0.781 bits per heavy atom. The summed E-state index contributed by atoms with van der Waals surface area (Å²) >= 11 is 0. The van der Waals surface area contributed by atoms with Gasteiger partial charge in [-0.3, -0.25) is 13.8 Å². The Morgan fingerprint density at radius 3 is 1.12 bits per heavy atom. The van der Waals surface area contributed by atoms with E-state index in [-0.39, 0.29) is 19.1 Å². The van der Waals surface area contributed by atoms with Gasteiger partial charge in [-0.15, -0.1) is 0 Å². The fraction of sp³-hybridized carbons (Fsp3) is 0.922. The van der Waals surface area contributed by atoms with Crippen molar-refractivity contribution in [1.29, 1.82) is 0 Å². The van der Waals surface area contributed by atoms with E-state index in [4.69, 9.17) is 9.05 Å². The zero-order valence-corrected chi connectivity index (χ0v) is 50.5. The van der Waals surface area contributed by atoms with E-state index in [1.807, 2.05) is 21.1 Å². The topological polar surface area (TPSA) is 105 Å². The third-order valence-corrected chi connectivity index (χ3v) is 15.9. The molecule has 0 aromatic rings. The number of phosphoric ester groups is 1. The van der Waals surface area contributed by atoms with Gasteiger partial charge in [0, 0.05) is 6.42 Å². The second-order valence-electron chi connectivity index (χ2n) is 23.5. The van der Waals surface area contributed by atoms with Gasteiger partial charge in [0.25, 0.3) is 0 Å². The van der Waals surface area contributed by atoms with E-state index in [1.54, 1.807) is 0 Å². The fourth-order valence-corrected chi connectivity index (χ4v) is 10.6. The van der Waals surface area contributed by atoms with Gasteiger partial charge in [-0.1, -0.05) is 301 Å². The molecule has 0 aliphatic carbocycles. The number of nitrogens with one attached hydrogen (secondary N) is 1. The number of likely N-dealkylation sites (N-methyl/N-ethyl adjacent to an activating group) is 1. The van der Waals surface area contributed by atoms with Crippen LogP contribution in [0.5, 0.6) is 0 Å². The minimum Gasteiger partial charge on any atom is -0.391 e. The van der Waals surface area contributed by atoms with Crippen molar-refractivity contribution in [3.05, 3.63) is 24.3 Å². The van der Waals surface area contributed by atoms with E-state index in [1.165, 1.54) is 257 Å². The number of carbonyl (C=O) groups is 1. The lowest BCUT2D eigenvalue weighted by Gasteiger charge is -2.26. The molecule has 0 aliphatic heterocycles. The molecular formula is C64H128N2O6P+. The summed E-state index contributed by atoms with van der Waals surface area (Å²) in [6, 6.07) is -0.762. The Morgan fingerprint density at radius 1 is 0.466 bits per heavy atom. The molecule has 0 saturated heterocycles. The number of aliphatic hydroxyl groups excluding tert-OH is 1. The average molecular weight is 1050 g/mol. The van der Waals surface area contributed by atoms with Crippen LogP contribution < -0.4 is 5.32 Å². The van der Waals surface area contributed by atoms with Crippen LogP contribution in [-0.4, -0.2) is 73.4 Å². The Kier molecular flexibility index (Phi) is 54.9. The van der Waals surface area contributed by atoms with Crippen LogP contribution in [0.25, 0.3) is 0 Å². The second kappa shape index (κ2) is 55.7. The molecule has 1 amide bonds. The van der Waals surface area contributed by atoms with Gasteiger partial charge in [-0.05, 0) is 44.9 Å². The van der Waals surface area contributed by atoms with E-state index in [0.717, 1.165) is 44.9 Å².